The Morgan fingerprint density at radius 2 is 1.87 bits per heavy atom. The third-order valence-electron chi connectivity index (χ3n) is 6.42. The summed E-state index contributed by atoms with van der Waals surface area (Å²) in [4.78, 5) is 32.8. The molecule has 2 aromatic heterocycles. The van der Waals surface area contributed by atoms with Gasteiger partial charge in [-0.05, 0) is 55.5 Å². The molecule has 31 heavy (non-hydrogen) atoms. The van der Waals surface area contributed by atoms with Gasteiger partial charge in [0.05, 0.1) is 12.1 Å². The highest BCUT2D eigenvalue weighted by Crippen LogP contribution is 2.28. The van der Waals surface area contributed by atoms with E-state index in [9.17, 15) is 9.59 Å². The van der Waals surface area contributed by atoms with Crippen LogP contribution in [0.25, 0.3) is 10.2 Å². The standard InChI is InChI=1S/C24H28N4O2S/c1-16-2-4-18(5-3-16)15-28-23(30)21-20(10-13-31-21)26-24(28)27-11-8-19(9-12-27)22(29)25-14-17-6-7-17/h2-5,10,13,17,19H,6-9,11-12,14-15H2,1H3,(H,25,29). The Balaban J connectivity index is 1.37. The molecule has 0 atom stereocenters. The average molecular weight is 437 g/mol. The molecule has 162 valence electrons. The van der Waals surface area contributed by atoms with Gasteiger partial charge in [-0.2, -0.15) is 0 Å². The number of hydrogen-bond donors (Lipinski definition) is 1. The number of amides is 1. The molecule has 1 aliphatic carbocycles. The number of anilines is 1. The number of rotatable bonds is 6. The van der Waals surface area contributed by atoms with Crippen LogP contribution in [0.1, 0.15) is 36.8 Å². The van der Waals surface area contributed by atoms with E-state index in [2.05, 4.69) is 41.4 Å². The lowest BCUT2D eigenvalue weighted by Gasteiger charge is -2.33. The zero-order valence-corrected chi connectivity index (χ0v) is 18.7. The maximum Gasteiger partial charge on any atom is 0.273 e. The van der Waals surface area contributed by atoms with Crippen molar-refractivity contribution in [2.75, 3.05) is 24.5 Å². The number of aryl methyl sites for hydroxylation is 1. The molecule has 5 rings (SSSR count). The Morgan fingerprint density at radius 3 is 2.58 bits per heavy atom. The van der Waals surface area contributed by atoms with Crippen LogP contribution >= 0.6 is 11.3 Å². The highest BCUT2D eigenvalue weighted by molar-refractivity contribution is 7.17. The number of benzene rings is 1. The van der Waals surface area contributed by atoms with Gasteiger partial charge >= 0.3 is 0 Å². The summed E-state index contributed by atoms with van der Waals surface area (Å²) in [5.74, 6) is 1.65. The van der Waals surface area contributed by atoms with E-state index in [1.165, 1.54) is 29.7 Å². The average Bonchev–Trinajstić information content (AvgIpc) is 3.50. The van der Waals surface area contributed by atoms with Gasteiger partial charge in [0.2, 0.25) is 11.9 Å². The lowest BCUT2D eigenvalue weighted by molar-refractivity contribution is -0.125. The fourth-order valence-corrected chi connectivity index (χ4v) is 5.02. The first kappa shape index (κ1) is 20.2. The Bertz CT molecular complexity index is 1140. The molecule has 0 spiro atoms. The maximum absolute atomic E-state index is 13.3. The van der Waals surface area contributed by atoms with Crippen molar-refractivity contribution in [1.82, 2.24) is 14.9 Å². The number of hydrogen-bond acceptors (Lipinski definition) is 5. The summed E-state index contributed by atoms with van der Waals surface area (Å²) in [7, 11) is 0. The van der Waals surface area contributed by atoms with E-state index in [4.69, 9.17) is 4.98 Å². The zero-order valence-electron chi connectivity index (χ0n) is 17.8. The second-order valence-corrected chi connectivity index (χ2v) is 9.79. The van der Waals surface area contributed by atoms with E-state index in [0.717, 1.165) is 43.6 Å². The van der Waals surface area contributed by atoms with Gasteiger partial charge in [0, 0.05) is 25.6 Å². The summed E-state index contributed by atoms with van der Waals surface area (Å²) < 4.78 is 2.50. The first-order valence-corrected chi connectivity index (χ1v) is 12.0. The molecule has 1 aliphatic heterocycles. The van der Waals surface area contributed by atoms with Crippen molar-refractivity contribution in [2.24, 2.45) is 11.8 Å². The first-order chi connectivity index (χ1) is 15.1. The van der Waals surface area contributed by atoms with Crippen LogP contribution in [0, 0.1) is 18.8 Å². The van der Waals surface area contributed by atoms with E-state index < -0.39 is 0 Å². The third-order valence-corrected chi connectivity index (χ3v) is 7.31. The molecule has 2 fully saturated rings. The molecule has 1 aromatic carbocycles. The Kier molecular flexibility index (Phi) is 5.52. The molecule has 1 saturated heterocycles. The summed E-state index contributed by atoms with van der Waals surface area (Å²) in [6.07, 6.45) is 4.07. The summed E-state index contributed by atoms with van der Waals surface area (Å²) in [5.41, 5.74) is 3.06. The molecular weight excluding hydrogens is 408 g/mol. The molecule has 3 aromatic rings. The number of fused-ring (bicyclic) bond motifs is 1. The van der Waals surface area contributed by atoms with Gasteiger partial charge < -0.3 is 10.2 Å². The molecule has 1 N–H and O–H groups in total. The van der Waals surface area contributed by atoms with Gasteiger partial charge in [-0.15, -0.1) is 11.3 Å². The topological polar surface area (TPSA) is 67.2 Å². The zero-order chi connectivity index (χ0) is 21.4. The molecule has 0 unspecified atom stereocenters. The number of nitrogens with one attached hydrogen (secondary N) is 1. The van der Waals surface area contributed by atoms with Crippen LogP contribution in [0.15, 0.2) is 40.5 Å². The van der Waals surface area contributed by atoms with E-state index in [0.29, 0.717) is 23.1 Å². The largest absolute Gasteiger partial charge is 0.356 e. The highest BCUT2D eigenvalue weighted by Gasteiger charge is 2.29. The van der Waals surface area contributed by atoms with Crippen molar-refractivity contribution in [1.29, 1.82) is 0 Å². The second kappa shape index (κ2) is 8.46. The molecule has 6 nitrogen and oxygen atoms in total. The number of carbonyl (C=O) groups excluding carboxylic acids is 1. The minimum absolute atomic E-state index is 0.0138. The predicted molar refractivity (Wildman–Crippen MR) is 125 cm³/mol. The van der Waals surface area contributed by atoms with E-state index >= 15 is 0 Å². The quantitative estimate of drug-likeness (QED) is 0.642. The van der Waals surface area contributed by atoms with Gasteiger partial charge in [0.1, 0.15) is 4.70 Å². The molecule has 1 saturated carbocycles. The Labute approximate surface area is 185 Å². The first-order valence-electron chi connectivity index (χ1n) is 11.1. The third kappa shape index (κ3) is 4.37. The predicted octanol–water partition coefficient (Wildman–Crippen LogP) is 3.56. The summed E-state index contributed by atoms with van der Waals surface area (Å²) in [6.45, 7) is 4.85. The second-order valence-electron chi connectivity index (χ2n) is 8.87. The highest BCUT2D eigenvalue weighted by atomic mass is 32.1. The monoisotopic (exact) mass is 436 g/mol. The number of nitrogens with zero attached hydrogens (tertiary/aromatic N) is 3. The van der Waals surface area contributed by atoms with Crippen LogP contribution in [0.2, 0.25) is 0 Å². The number of carbonyl (C=O) groups is 1. The van der Waals surface area contributed by atoms with Gasteiger partial charge in [-0.1, -0.05) is 29.8 Å². The van der Waals surface area contributed by atoms with Gasteiger partial charge in [0.15, 0.2) is 0 Å². The van der Waals surface area contributed by atoms with Crippen molar-refractivity contribution in [3.8, 4) is 0 Å². The summed E-state index contributed by atoms with van der Waals surface area (Å²) in [5, 5.41) is 5.05. The summed E-state index contributed by atoms with van der Waals surface area (Å²) >= 11 is 1.45. The maximum atomic E-state index is 13.3. The Hall–Kier alpha value is -2.67. The van der Waals surface area contributed by atoms with Gasteiger partial charge in [0.25, 0.3) is 5.56 Å². The molecule has 1 amide bonds. The molecule has 0 bridgehead atoms. The van der Waals surface area contributed by atoms with Gasteiger partial charge in [-0.3, -0.25) is 14.2 Å². The minimum Gasteiger partial charge on any atom is -0.356 e. The fraction of sp³-hybridized carbons (Fsp3) is 0.458. The van der Waals surface area contributed by atoms with E-state index in [1.807, 2.05) is 11.4 Å². The molecule has 0 radical (unpaired) electrons. The van der Waals surface area contributed by atoms with E-state index in [1.54, 1.807) is 4.57 Å². The minimum atomic E-state index is 0.0138. The lowest BCUT2D eigenvalue weighted by atomic mass is 9.96. The molecule has 7 heteroatoms. The number of piperidine rings is 1. The fourth-order valence-electron chi connectivity index (χ4n) is 4.24. The van der Waals surface area contributed by atoms with Crippen LogP contribution in [0.4, 0.5) is 5.95 Å². The van der Waals surface area contributed by atoms with Crippen LogP contribution in [0.5, 0.6) is 0 Å². The van der Waals surface area contributed by atoms with Crippen molar-refractivity contribution in [2.45, 2.75) is 39.2 Å². The van der Waals surface area contributed by atoms with Crippen LogP contribution in [-0.4, -0.2) is 35.1 Å². The van der Waals surface area contributed by atoms with Crippen molar-refractivity contribution < 1.29 is 4.79 Å². The normalized spacial score (nSPS) is 17.3. The van der Waals surface area contributed by atoms with Gasteiger partial charge in [-0.25, -0.2) is 4.98 Å². The van der Waals surface area contributed by atoms with Crippen molar-refractivity contribution in [3.63, 3.8) is 0 Å². The molecule has 3 heterocycles. The Morgan fingerprint density at radius 1 is 1.13 bits per heavy atom. The number of thiophene rings is 1. The van der Waals surface area contributed by atoms with Crippen LogP contribution < -0.4 is 15.8 Å². The van der Waals surface area contributed by atoms with E-state index in [-0.39, 0.29) is 17.4 Å². The smallest absolute Gasteiger partial charge is 0.273 e. The van der Waals surface area contributed by atoms with Crippen molar-refractivity contribution in [3.05, 3.63) is 57.2 Å². The summed E-state index contributed by atoms with van der Waals surface area (Å²) in [6, 6.07) is 10.2. The van der Waals surface area contributed by atoms with Crippen molar-refractivity contribution >= 4 is 33.4 Å². The van der Waals surface area contributed by atoms with Crippen LogP contribution in [0.3, 0.4) is 0 Å². The van der Waals surface area contributed by atoms with Crippen LogP contribution in [-0.2, 0) is 11.3 Å². The molecule has 2 aliphatic rings. The molecular formula is C24H28N4O2S. The SMILES string of the molecule is Cc1ccc(Cn2c(N3CCC(C(=O)NCC4CC4)CC3)nc3ccsc3c2=O)cc1. The lowest BCUT2D eigenvalue weighted by Crippen LogP contribution is -2.43. The number of aromatic nitrogens is 2.